The molecule has 0 spiro atoms. The van der Waals surface area contributed by atoms with Crippen molar-refractivity contribution in [3.05, 3.63) is 101 Å². The number of hydrogen-bond acceptors (Lipinski definition) is 4. The van der Waals surface area contributed by atoms with Crippen LogP contribution >= 0.6 is 0 Å². The summed E-state index contributed by atoms with van der Waals surface area (Å²) >= 11 is 0. The van der Waals surface area contributed by atoms with Gasteiger partial charge in [0.2, 0.25) is 0 Å². The van der Waals surface area contributed by atoms with Crippen molar-refractivity contribution >= 4 is 11.9 Å². The van der Waals surface area contributed by atoms with Crippen LogP contribution in [-0.2, 0) is 11.3 Å². The highest BCUT2D eigenvalue weighted by Crippen LogP contribution is 2.42. The summed E-state index contributed by atoms with van der Waals surface area (Å²) in [6.45, 7) is 9.53. The van der Waals surface area contributed by atoms with Crippen molar-refractivity contribution in [1.82, 2.24) is 9.88 Å². The molecule has 3 aromatic rings. The van der Waals surface area contributed by atoms with Gasteiger partial charge in [0.1, 0.15) is 18.1 Å². The second kappa shape index (κ2) is 10.3. The molecule has 1 saturated heterocycles. The summed E-state index contributed by atoms with van der Waals surface area (Å²) in [6, 6.07) is 26.0. The first kappa shape index (κ1) is 23.2. The predicted octanol–water partition coefficient (Wildman–Crippen LogP) is 6.62. The number of rotatable bonds is 7. The van der Waals surface area contributed by atoms with Gasteiger partial charge in [0.05, 0.1) is 5.69 Å². The van der Waals surface area contributed by atoms with Crippen LogP contribution in [0.15, 0.2) is 78.9 Å². The molecule has 4 rings (SSSR count). The molecule has 33 heavy (non-hydrogen) atoms. The van der Waals surface area contributed by atoms with Crippen LogP contribution in [0.5, 0.6) is 0 Å². The van der Waals surface area contributed by atoms with Crippen molar-refractivity contribution in [2.24, 2.45) is 0 Å². The summed E-state index contributed by atoms with van der Waals surface area (Å²) in [5.74, 6) is 0.985. The number of benzene rings is 2. The van der Waals surface area contributed by atoms with Gasteiger partial charge in [-0.05, 0) is 64.1 Å². The van der Waals surface area contributed by atoms with Crippen molar-refractivity contribution in [3.63, 3.8) is 0 Å². The van der Waals surface area contributed by atoms with Gasteiger partial charge in [-0.1, -0.05) is 66.7 Å². The van der Waals surface area contributed by atoms with E-state index in [4.69, 9.17) is 9.72 Å². The lowest BCUT2D eigenvalue weighted by Gasteiger charge is -2.29. The normalized spacial score (nSPS) is 21.2. The summed E-state index contributed by atoms with van der Waals surface area (Å²) in [6.07, 6.45) is 4.04. The summed E-state index contributed by atoms with van der Waals surface area (Å²) in [5.41, 5.74) is 4.56. The minimum atomic E-state index is -0.139. The van der Waals surface area contributed by atoms with Crippen molar-refractivity contribution in [2.75, 3.05) is 11.9 Å². The Labute approximate surface area is 198 Å². The number of hydrogen-bond donors (Lipinski definition) is 0. The predicted molar refractivity (Wildman–Crippen MR) is 137 cm³/mol. The average molecular weight is 442 g/mol. The number of pyridine rings is 1. The number of allylic oxidation sites excluding steroid dienone is 1. The third-order valence-electron chi connectivity index (χ3n) is 6.50. The van der Waals surface area contributed by atoms with E-state index in [-0.39, 0.29) is 18.4 Å². The molecular formula is C29H35N3O. The van der Waals surface area contributed by atoms with Crippen LogP contribution in [-0.4, -0.2) is 29.0 Å². The first-order valence-corrected chi connectivity index (χ1v) is 11.9. The number of likely N-dealkylation sites (N-methyl/N-ethyl adjacent to an activating group) is 1. The number of nitrogens with zero attached hydrogens (tertiary/aromatic N) is 3. The third kappa shape index (κ3) is 5.02. The van der Waals surface area contributed by atoms with E-state index in [1.54, 1.807) is 0 Å². The Bertz CT molecular complexity index is 1060. The highest BCUT2D eigenvalue weighted by atomic mass is 16.5. The fourth-order valence-corrected chi connectivity index (χ4v) is 4.51. The smallest absolute Gasteiger partial charge is 0.139 e. The molecule has 0 amide bonds. The van der Waals surface area contributed by atoms with Crippen LogP contribution in [0.25, 0.3) is 6.08 Å². The molecule has 0 N–H and O–H groups in total. The fraction of sp³-hybridized carbons (Fsp3) is 0.345. The van der Waals surface area contributed by atoms with Gasteiger partial charge in [0.15, 0.2) is 0 Å². The van der Waals surface area contributed by atoms with Gasteiger partial charge in [0.25, 0.3) is 0 Å². The molecular weight excluding hydrogens is 406 g/mol. The summed E-state index contributed by atoms with van der Waals surface area (Å²) in [7, 11) is 2.14. The molecule has 172 valence electrons. The summed E-state index contributed by atoms with van der Waals surface area (Å²) < 4.78 is 6.63. The van der Waals surface area contributed by atoms with Crippen LogP contribution in [0.4, 0.5) is 5.82 Å². The Hall–Kier alpha value is -2.95. The van der Waals surface area contributed by atoms with Crippen LogP contribution in [0.1, 0.15) is 62.4 Å². The first-order chi connectivity index (χ1) is 16.0. The standard InChI is InChI=1S/C29H35N3O/c1-6-13-26-25(29-31(5)22(4)28(33-29)24-16-11-8-12-17-24)18-19-27(30-26)32(21(2)3)20-23-14-9-7-10-15-23/h6-19,21-22,28-29H,20H2,1-5H3/b13-6+/t22-,28+,29?/m0/s1. The summed E-state index contributed by atoms with van der Waals surface area (Å²) in [4.78, 5) is 9.77. The van der Waals surface area contributed by atoms with Gasteiger partial charge in [-0.3, -0.25) is 4.90 Å². The third-order valence-corrected chi connectivity index (χ3v) is 6.50. The zero-order valence-electron chi connectivity index (χ0n) is 20.3. The van der Waals surface area contributed by atoms with Crippen LogP contribution in [0, 0.1) is 0 Å². The highest BCUT2D eigenvalue weighted by molar-refractivity contribution is 5.55. The molecule has 0 saturated carbocycles. The van der Waals surface area contributed by atoms with Gasteiger partial charge in [-0.2, -0.15) is 0 Å². The lowest BCUT2D eigenvalue weighted by atomic mass is 10.0. The molecule has 1 fully saturated rings. The lowest BCUT2D eigenvalue weighted by molar-refractivity contribution is 0.00525. The molecule has 3 atom stereocenters. The minimum Gasteiger partial charge on any atom is -0.350 e. The van der Waals surface area contributed by atoms with Gasteiger partial charge in [-0.25, -0.2) is 4.98 Å². The maximum absolute atomic E-state index is 6.63. The molecule has 1 unspecified atom stereocenters. The van der Waals surface area contributed by atoms with E-state index in [1.165, 1.54) is 11.1 Å². The van der Waals surface area contributed by atoms with E-state index in [1.807, 2.05) is 13.0 Å². The van der Waals surface area contributed by atoms with Crippen molar-refractivity contribution in [2.45, 2.75) is 58.7 Å². The average Bonchev–Trinajstić information content (AvgIpc) is 3.13. The molecule has 2 heterocycles. The van der Waals surface area contributed by atoms with E-state index in [2.05, 4.69) is 117 Å². The van der Waals surface area contributed by atoms with E-state index in [0.717, 1.165) is 23.6 Å². The maximum atomic E-state index is 6.63. The fourth-order valence-electron chi connectivity index (χ4n) is 4.51. The van der Waals surface area contributed by atoms with E-state index in [0.29, 0.717) is 6.04 Å². The van der Waals surface area contributed by atoms with Crippen molar-refractivity contribution in [3.8, 4) is 0 Å². The first-order valence-electron chi connectivity index (χ1n) is 11.9. The monoisotopic (exact) mass is 441 g/mol. The van der Waals surface area contributed by atoms with E-state index < -0.39 is 0 Å². The quantitative estimate of drug-likeness (QED) is 0.412. The second-order valence-corrected chi connectivity index (χ2v) is 9.08. The zero-order chi connectivity index (χ0) is 23.4. The van der Waals surface area contributed by atoms with Crippen LogP contribution in [0.3, 0.4) is 0 Å². The van der Waals surface area contributed by atoms with E-state index in [9.17, 15) is 0 Å². The Morgan fingerprint density at radius 2 is 1.67 bits per heavy atom. The molecule has 4 nitrogen and oxygen atoms in total. The Kier molecular flexibility index (Phi) is 7.26. The maximum Gasteiger partial charge on any atom is 0.139 e. The van der Waals surface area contributed by atoms with E-state index >= 15 is 0 Å². The van der Waals surface area contributed by atoms with Gasteiger partial charge >= 0.3 is 0 Å². The number of ether oxygens (including phenoxy) is 1. The largest absolute Gasteiger partial charge is 0.350 e. The van der Waals surface area contributed by atoms with Crippen molar-refractivity contribution < 1.29 is 4.74 Å². The second-order valence-electron chi connectivity index (χ2n) is 9.08. The molecule has 1 aliphatic heterocycles. The number of aromatic nitrogens is 1. The Morgan fingerprint density at radius 1 is 1.00 bits per heavy atom. The van der Waals surface area contributed by atoms with Gasteiger partial charge in [-0.15, -0.1) is 0 Å². The molecule has 2 aromatic carbocycles. The van der Waals surface area contributed by atoms with Gasteiger partial charge < -0.3 is 9.64 Å². The molecule has 1 aromatic heterocycles. The molecule has 1 aliphatic rings. The minimum absolute atomic E-state index is 0.0320. The Balaban J connectivity index is 1.66. The van der Waals surface area contributed by atoms with Crippen LogP contribution in [0.2, 0.25) is 0 Å². The Morgan fingerprint density at radius 3 is 2.30 bits per heavy atom. The topological polar surface area (TPSA) is 28.6 Å². The molecule has 0 radical (unpaired) electrons. The molecule has 4 heteroatoms. The summed E-state index contributed by atoms with van der Waals surface area (Å²) in [5, 5.41) is 0. The molecule has 0 aliphatic carbocycles. The SMILES string of the molecule is C/C=C/c1nc(N(Cc2ccccc2)C(C)C)ccc1C1O[C@@H](c2ccccc2)[C@H](C)N1C. The van der Waals surface area contributed by atoms with Crippen LogP contribution < -0.4 is 4.90 Å². The van der Waals surface area contributed by atoms with Gasteiger partial charge in [0, 0.05) is 24.2 Å². The molecule has 0 bridgehead atoms. The lowest BCUT2D eigenvalue weighted by Crippen LogP contribution is -2.31. The number of anilines is 1. The van der Waals surface area contributed by atoms with Crippen molar-refractivity contribution in [1.29, 1.82) is 0 Å². The highest BCUT2D eigenvalue weighted by Gasteiger charge is 2.39. The zero-order valence-corrected chi connectivity index (χ0v) is 20.3.